The van der Waals surface area contributed by atoms with Crippen molar-refractivity contribution in [2.45, 2.75) is 39.2 Å². The van der Waals surface area contributed by atoms with Gasteiger partial charge in [0.1, 0.15) is 11.8 Å². The lowest BCUT2D eigenvalue weighted by Crippen LogP contribution is -2.23. The molecule has 0 aliphatic heterocycles. The average Bonchev–Trinajstić information content (AvgIpc) is 3.18. The van der Waals surface area contributed by atoms with Crippen molar-refractivity contribution < 1.29 is 4.74 Å². The van der Waals surface area contributed by atoms with Gasteiger partial charge in [0.2, 0.25) is 0 Å². The third-order valence-corrected chi connectivity index (χ3v) is 3.82. The minimum absolute atomic E-state index is 0.108. The smallest absolute Gasteiger partial charge is 0.174 e. The van der Waals surface area contributed by atoms with Gasteiger partial charge in [0.25, 0.3) is 0 Å². The van der Waals surface area contributed by atoms with Gasteiger partial charge in [-0.2, -0.15) is 5.26 Å². The fourth-order valence-corrected chi connectivity index (χ4v) is 2.59. The zero-order valence-electron chi connectivity index (χ0n) is 11.6. The number of rotatable bonds is 8. The molecule has 1 aliphatic rings. The number of benzene rings is 1. The van der Waals surface area contributed by atoms with E-state index in [1.807, 2.05) is 24.3 Å². The maximum absolute atomic E-state index is 8.58. The number of para-hydroxylation sites is 1. The van der Waals surface area contributed by atoms with E-state index >= 15 is 0 Å². The summed E-state index contributed by atoms with van der Waals surface area (Å²) in [6.45, 7) is 4.27. The minimum atomic E-state index is 0.108. The van der Waals surface area contributed by atoms with E-state index in [1.54, 1.807) is 0 Å². The van der Waals surface area contributed by atoms with E-state index in [0.717, 1.165) is 24.4 Å². The Bertz CT molecular complexity index is 446. The summed E-state index contributed by atoms with van der Waals surface area (Å²) in [5, 5.41) is 12.1. The highest BCUT2D eigenvalue weighted by atomic mass is 16.5. The summed E-state index contributed by atoms with van der Waals surface area (Å²) < 4.78 is 5.43. The molecule has 0 heterocycles. The van der Waals surface area contributed by atoms with Gasteiger partial charge in [0.05, 0.1) is 0 Å². The Morgan fingerprint density at radius 2 is 2.16 bits per heavy atom. The van der Waals surface area contributed by atoms with E-state index in [1.165, 1.54) is 25.7 Å². The Kier molecular flexibility index (Phi) is 4.81. The van der Waals surface area contributed by atoms with Gasteiger partial charge >= 0.3 is 0 Å². The highest BCUT2D eigenvalue weighted by Crippen LogP contribution is 2.48. The van der Waals surface area contributed by atoms with E-state index in [2.05, 4.69) is 18.3 Å². The summed E-state index contributed by atoms with van der Waals surface area (Å²) >= 11 is 0. The van der Waals surface area contributed by atoms with Gasteiger partial charge in [-0.05, 0) is 30.7 Å². The number of nitriles is 1. The van der Waals surface area contributed by atoms with Crippen molar-refractivity contribution in [3.05, 3.63) is 29.8 Å². The molecule has 0 saturated heterocycles. The highest BCUT2D eigenvalue weighted by molar-refractivity contribution is 5.33. The van der Waals surface area contributed by atoms with Crippen LogP contribution in [0.15, 0.2) is 24.3 Å². The number of ether oxygens (including phenoxy) is 1. The predicted molar refractivity (Wildman–Crippen MR) is 75.8 cm³/mol. The van der Waals surface area contributed by atoms with Crippen molar-refractivity contribution in [1.82, 2.24) is 5.32 Å². The molecule has 3 heteroatoms. The zero-order valence-corrected chi connectivity index (χ0v) is 11.6. The number of hydrogen-bond acceptors (Lipinski definition) is 3. The molecule has 19 heavy (non-hydrogen) atoms. The maximum Gasteiger partial charge on any atom is 0.174 e. The molecule has 0 aromatic heterocycles. The lowest BCUT2D eigenvalue weighted by molar-refractivity contribution is 0.360. The predicted octanol–water partition coefficient (Wildman–Crippen LogP) is 3.26. The van der Waals surface area contributed by atoms with Gasteiger partial charge in [0, 0.05) is 18.7 Å². The number of hydrogen-bond donors (Lipinski definition) is 1. The second-order valence-electron chi connectivity index (χ2n) is 5.41. The quantitative estimate of drug-likeness (QED) is 0.778. The molecule has 1 aliphatic carbocycles. The molecule has 0 amide bonds. The first-order valence-electron chi connectivity index (χ1n) is 7.08. The number of nitrogens with zero attached hydrogens (tertiary/aromatic N) is 1. The van der Waals surface area contributed by atoms with Crippen LogP contribution < -0.4 is 10.1 Å². The van der Waals surface area contributed by atoms with Gasteiger partial charge in [-0.25, -0.2) is 0 Å². The van der Waals surface area contributed by atoms with Crippen molar-refractivity contribution in [3.63, 3.8) is 0 Å². The molecule has 3 nitrogen and oxygen atoms in total. The Morgan fingerprint density at radius 1 is 1.37 bits per heavy atom. The molecular weight excluding hydrogens is 236 g/mol. The second kappa shape index (κ2) is 6.58. The standard InChI is InChI=1S/C16H22N2O/c1-2-7-16(8-9-16)13-18-12-14-5-3-4-6-15(14)19-11-10-17/h3-6,18H,2,7-9,11-13H2,1H3. The fraction of sp³-hybridized carbons (Fsp3) is 0.562. The van der Waals surface area contributed by atoms with E-state index in [-0.39, 0.29) is 6.61 Å². The molecule has 0 atom stereocenters. The molecule has 2 rings (SSSR count). The van der Waals surface area contributed by atoms with Gasteiger partial charge in [-0.15, -0.1) is 0 Å². The fourth-order valence-electron chi connectivity index (χ4n) is 2.59. The molecule has 1 N–H and O–H groups in total. The van der Waals surface area contributed by atoms with Crippen molar-refractivity contribution in [3.8, 4) is 11.8 Å². The van der Waals surface area contributed by atoms with E-state index in [0.29, 0.717) is 5.41 Å². The lowest BCUT2D eigenvalue weighted by Gasteiger charge is -2.16. The van der Waals surface area contributed by atoms with Crippen LogP contribution in [0.5, 0.6) is 5.75 Å². The Hall–Kier alpha value is -1.53. The van der Waals surface area contributed by atoms with Crippen LogP contribution in [0.2, 0.25) is 0 Å². The number of nitrogens with one attached hydrogen (secondary N) is 1. The van der Waals surface area contributed by atoms with Crippen LogP contribution in [-0.2, 0) is 6.54 Å². The van der Waals surface area contributed by atoms with Crippen LogP contribution in [0.4, 0.5) is 0 Å². The van der Waals surface area contributed by atoms with Crippen LogP contribution >= 0.6 is 0 Å². The molecular formula is C16H22N2O. The summed E-state index contributed by atoms with van der Waals surface area (Å²) in [6.07, 6.45) is 5.32. The first kappa shape index (κ1) is 13.9. The van der Waals surface area contributed by atoms with Crippen LogP contribution in [0.3, 0.4) is 0 Å². The topological polar surface area (TPSA) is 45.0 Å². The molecule has 102 valence electrons. The van der Waals surface area contributed by atoms with Crippen LogP contribution in [0.1, 0.15) is 38.2 Å². The van der Waals surface area contributed by atoms with Crippen LogP contribution in [-0.4, -0.2) is 13.2 Å². The Labute approximate surface area is 115 Å². The molecule has 0 bridgehead atoms. The first-order valence-corrected chi connectivity index (χ1v) is 7.08. The van der Waals surface area contributed by atoms with Gasteiger partial charge < -0.3 is 10.1 Å². The van der Waals surface area contributed by atoms with Crippen molar-refractivity contribution in [1.29, 1.82) is 5.26 Å². The molecule has 1 fully saturated rings. The summed E-state index contributed by atoms with van der Waals surface area (Å²) in [7, 11) is 0. The minimum Gasteiger partial charge on any atom is -0.478 e. The normalized spacial score (nSPS) is 15.8. The highest BCUT2D eigenvalue weighted by Gasteiger charge is 2.40. The maximum atomic E-state index is 8.58. The summed E-state index contributed by atoms with van der Waals surface area (Å²) in [6, 6.07) is 9.94. The molecule has 0 unspecified atom stereocenters. The van der Waals surface area contributed by atoms with Crippen molar-refractivity contribution >= 4 is 0 Å². The van der Waals surface area contributed by atoms with E-state index in [9.17, 15) is 0 Å². The van der Waals surface area contributed by atoms with Gasteiger partial charge in [-0.3, -0.25) is 0 Å². The third kappa shape index (κ3) is 3.97. The van der Waals surface area contributed by atoms with Gasteiger partial charge in [-0.1, -0.05) is 31.5 Å². The molecule has 1 aromatic carbocycles. The average molecular weight is 258 g/mol. The molecule has 0 radical (unpaired) electrons. The lowest BCUT2D eigenvalue weighted by atomic mass is 10.0. The second-order valence-corrected chi connectivity index (χ2v) is 5.41. The van der Waals surface area contributed by atoms with E-state index < -0.39 is 0 Å². The monoisotopic (exact) mass is 258 g/mol. The Balaban J connectivity index is 1.84. The molecule has 1 aromatic rings. The molecule has 0 spiro atoms. The third-order valence-electron chi connectivity index (χ3n) is 3.82. The van der Waals surface area contributed by atoms with Crippen LogP contribution in [0, 0.1) is 16.7 Å². The zero-order chi connectivity index (χ0) is 13.6. The summed E-state index contributed by atoms with van der Waals surface area (Å²) in [5.74, 6) is 0.817. The summed E-state index contributed by atoms with van der Waals surface area (Å²) in [4.78, 5) is 0. The Morgan fingerprint density at radius 3 is 2.84 bits per heavy atom. The van der Waals surface area contributed by atoms with Crippen LogP contribution in [0.25, 0.3) is 0 Å². The SMILES string of the molecule is CCCC1(CNCc2ccccc2OCC#N)CC1. The largest absolute Gasteiger partial charge is 0.478 e. The first-order chi connectivity index (χ1) is 9.29. The van der Waals surface area contributed by atoms with Gasteiger partial charge in [0.15, 0.2) is 6.61 Å². The van der Waals surface area contributed by atoms with E-state index in [4.69, 9.17) is 10.00 Å². The summed E-state index contributed by atoms with van der Waals surface area (Å²) in [5.41, 5.74) is 1.70. The molecule has 1 saturated carbocycles. The van der Waals surface area contributed by atoms with Crippen molar-refractivity contribution in [2.75, 3.05) is 13.2 Å². The van der Waals surface area contributed by atoms with Crippen molar-refractivity contribution in [2.24, 2.45) is 5.41 Å².